The molecule has 4 nitrogen and oxygen atoms in total. The first-order valence-corrected chi connectivity index (χ1v) is 9.53. The second kappa shape index (κ2) is 7.19. The van der Waals surface area contributed by atoms with Gasteiger partial charge in [-0.15, -0.1) is 0 Å². The summed E-state index contributed by atoms with van der Waals surface area (Å²) in [7, 11) is -3.52. The van der Waals surface area contributed by atoms with Gasteiger partial charge in [-0.25, -0.2) is 12.8 Å². The molecule has 0 N–H and O–H groups in total. The minimum Gasteiger partial charge on any atom is -0.371 e. The summed E-state index contributed by atoms with van der Waals surface area (Å²) in [6, 6.07) is 13.0. The quantitative estimate of drug-likeness (QED) is 0.830. The fourth-order valence-corrected chi connectivity index (χ4v) is 4.32. The largest absolute Gasteiger partial charge is 0.371 e. The van der Waals surface area contributed by atoms with Gasteiger partial charge in [0.15, 0.2) is 0 Å². The van der Waals surface area contributed by atoms with Crippen molar-refractivity contribution in [1.82, 2.24) is 4.31 Å². The van der Waals surface area contributed by atoms with E-state index in [2.05, 4.69) is 0 Å². The van der Waals surface area contributed by atoms with E-state index in [9.17, 15) is 12.8 Å². The van der Waals surface area contributed by atoms with Gasteiger partial charge in [0.2, 0.25) is 10.0 Å². The van der Waals surface area contributed by atoms with Crippen LogP contribution in [0, 0.1) is 5.82 Å². The molecule has 1 saturated heterocycles. The first kappa shape index (κ1) is 17.4. The van der Waals surface area contributed by atoms with Gasteiger partial charge in [-0.1, -0.05) is 41.9 Å². The van der Waals surface area contributed by atoms with E-state index in [0.717, 1.165) is 0 Å². The Morgan fingerprint density at radius 2 is 1.88 bits per heavy atom. The third kappa shape index (κ3) is 3.95. The van der Waals surface area contributed by atoms with Crippen LogP contribution in [0.5, 0.6) is 0 Å². The van der Waals surface area contributed by atoms with Gasteiger partial charge >= 0.3 is 0 Å². The highest BCUT2D eigenvalue weighted by molar-refractivity contribution is 7.88. The van der Waals surface area contributed by atoms with Crippen molar-refractivity contribution < 1.29 is 17.5 Å². The van der Waals surface area contributed by atoms with E-state index in [1.54, 1.807) is 42.5 Å². The molecule has 1 unspecified atom stereocenters. The van der Waals surface area contributed by atoms with Crippen LogP contribution in [0.4, 0.5) is 4.39 Å². The van der Waals surface area contributed by atoms with Crippen LogP contribution in [0.2, 0.25) is 5.02 Å². The Morgan fingerprint density at radius 1 is 1.17 bits per heavy atom. The minimum absolute atomic E-state index is 0.108. The predicted octanol–water partition coefficient (Wildman–Crippen LogP) is 3.38. The summed E-state index contributed by atoms with van der Waals surface area (Å²) in [4.78, 5) is 0. The average molecular weight is 370 g/mol. The van der Waals surface area contributed by atoms with E-state index < -0.39 is 16.1 Å². The van der Waals surface area contributed by atoms with Gasteiger partial charge < -0.3 is 4.74 Å². The Hall–Kier alpha value is -1.47. The lowest BCUT2D eigenvalue weighted by atomic mass is 10.1. The van der Waals surface area contributed by atoms with Crippen molar-refractivity contribution in [2.24, 2.45) is 0 Å². The molecule has 1 aliphatic rings. The van der Waals surface area contributed by atoms with Gasteiger partial charge in [0.05, 0.1) is 18.5 Å². The van der Waals surface area contributed by atoms with Crippen LogP contribution in [0.15, 0.2) is 48.5 Å². The lowest BCUT2D eigenvalue weighted by Crippen LogP contribution is -2.42. The van der Waals surface area contributed by atoms with Crippen LogP contribution < -0.4 is 0 Å². The van der Waals surface area contributed by atoms with Crippen LogP contribution in [0.3, 0.4) is 0 Å². The number of halogens is 2. The maximum atomic E-state index is 13.9. The molecule has 7 heteroatoms. The number of hydrogen-bond acceptors (Lipinski definition) is 3. The van der Waals surface area contributed by atoms with Crippen molar-refractivity contribution in [3.63, 3.8) is 0 Å². The number of nitrogens with zero attached hydrogens (tertiary/aromatic N) is 1. The third-order valence-electron chi connectivity index (χ3n) is 3.94. The molecule has 3 rings (SSSR count). The van der Waals surface area contributed by atoms with Crippen LogP contribution in [-0.2, 0) is 20.5 Å². The summed E-state index contributed by atoms with van der Waals surface area (Å²) in [5, 5.41) is 0.558. The summed E-state index contributed by atoms with van der Waals surface area (Å²) in [6.07, 6.45) is -0.597. The topological polar surface area (TPSA) is 46.6 Å². The summed E-state index contributed by atoms with van der Waals surface area (Å²) in [5.74, 6) is -0.506. The molecular formula is C17H17ClFNO3S. The van der Waals surface area contributed by atoms with Gasteiger partial charge in [-0.05, 0) is 23.8 Å². The van der Waals surface area contributed by atoms with Crippen LogP contribution >= 0.6 is 11.6 Å². The van der Waals surface area contributed by atoms with Gasteiger partial charge in [0, 0.05) is 23.7 Å². The fourth-order valence-electron chi connectivity index (χ4n) is 2.69. The molecule has 1 fully saturated rings. The first-order valence-electron chi connectivity index (χ1n) is 7.54. The molecule has 0 radical (unpaired) electrons. The molecule has 1 atom stereocenters. The number of sulfonamides is 1. The number of ether oxygens (including phenoxy) is 1. The van der Waals surface area contributed by atoms with Crippen molar-refractivity contribution in [2.75, 3.05) is 19.7 Å². The van der Waals surface area contributed by atoms with Crippen molar-refractivity contribution in [2.45, 2.75) is 11.9 Å². The smallest absolute Gasteiger partial charge is 0.218 e. The summed E-state index contributed by atoms with van der Waals surface area (Å²) in [5.41, 5.74) is 1.04. The second-order valence-electron chi connectivity index (χ2n) is 5.62. The fraction of sp³-hybridized carbons (Fsp3) is 0.294. The average Bonchev–Trinajstić information content (AvgIpc) is 2.57. The van der Waals surface area contributed by atoms with E-state index in [0.29, 0.717) is 16.1 Å². The number of hydrogen-bond donors (Lipinski definition) is 0. The minimum atomic E-state index is -3.52. The summed E-state index contributed by atoms with van der Waals surface area (Å²) < 4.78 is 46.1. The van der Waals surface area contributed by atoms with Crippen LogP contribution in [-0.4, -0.2) is 32.4 Å². The molecule has 24 heavy (non-hydrogen) atoms. The van der Waals surface area contributed by atoms with Crippen molar-refractivity contribution in [3.05, 3.63) is 70.5 Å². The number of benzene rings is 2. The Morgan fingerprint density at radius 3 is 2.58 bits per heavy atom. The van der Waals surface area contributed by atoms with E-state index in [1.807, 2.05) is 0 Å². The monoisotopic (exact) mass is 369 g/mol. The molecule has 0 amide bonds. The van der Waals surface area contributed by atoms with Gasteiger partial charge in [-0.2, -0.15) is 4.31 Å². The number of morpholine rings is 1. The van der Waals surface area contributed by atoms with Crippen molar-refractivity contribution >= 4 is 21.6 Å². The van der Waals surface area contributed by atoms with Crippen LogP contribution in [0.1, 0.15) is 17.2 Å². The lowest BCUT2D eigenvalue weighted by Gasteiger charge is -2.32. The zero-order chi connectivity index (χ0) is 17.2. The SMILES string of the molecule is O=S(=O)(Cc1ccc(Cl)cc1)N1CCOC(c2ccccc2F)C1. The Kier molecular flexibility index (Phi) is 5.20. The lowest BCUT2D eigenvalue weighted by molar-refractivity contribution is -0.00447. The Balaban J connectivity index is 1.76. The Labute approximate surface area is 145 Å². The molecule has 2 aromatic rings. The molecule has 0 spiro atoms. The van der Waals surface area contributed by atoms with E-state index in [1.165, 1.54) is 10.4 Å². The Bertz CT molecular complexity index is 811. The maximum Gasteiger partial charge on any atom is 0.218 e. The van der Waals surface area contributed by atoms with Crippen LogP contribution in [0.25, 0.3) is 0 Å². The van der Waals surface area contributed by atoms with Gasteiger partial charge in [-0.3, -0.25) is 0 Å². The molecule has 0 bridgehead atoms. The summed E-state index contributed by atoms with van der Waals surface area (Å²) >= 11 is 5.82. The van der Waals surface area contributed by atoms with Crippen molar-refractivity contribution in [3.8, 4) is 0 Å². The highest BCUT2D eigenvalue weighted by atomic mass is 35.5. The molecule has 2 aromatic carbocycles. The summed E-state index contributed by atoms with van der Waals surface area (Å²) in [6.45, 7) is 0.608. The molecule has 1 aliphatic heterocycles. The third-order valence-corrected chi connectivity index (χ3v) is 6.01. The highest BCUT2D eigenvalue weighted by Gasteiger charge is 2.31. The van der Waals surface area contributed by atoms with Gasteiger partial charge in [0.25, 0.3) is 0 Å². The molecule has 0 aromatic heterocycles. The molecule has 128 valence electrons. The normalized spacial score (nSPS) is 19.3. The van der Waals surface area contributed by atoms with E-state index in [-0.39, 0.29) is 31.3 Å². The predicted molar refractivity (Wildman–Crippen MR) is 90.7 cm³/mol. The maximum absolute atomic E-state index is 13.9. The highest BCUT2D eigenvalue weighted by Crippen LogP contribution is 2.27. The van der Waals surface area contributed by atoms with Gasteiger partial charge in [0.1, 0.15) is 5.82 Å². The van der Waals surface area contributed by atoms with E-state index in [4.69, 9.17) is 16.3 Å². The first-order chi connectivity index (χ1) is 11.5. The number of rotatable bonds is 4. The molecule has 0 aliphatic carbocycles. The second-order valence-corrected chi connectivity index (χ2v) is 8.03. The standard InChI is InChI=1S/C17H17ClFNO3S/c18-14-7-5-13(6-8-14)12-24(21,22)20-9-10-23-17(11-20)15-3-1-2-4-16(15)19/h1-8,17H,9-12H2. The zero-order valence-electron chi connectivity index (χ0n) is 12.9. The van der Waals surface area contributed by atoms with E-state index >= 15 is 0 Å². The molecule has 1 heterocycles. The van der Waals surface area contributed by atoms with Crippen molar-refractivity contribution in [1.29, 1.82) is 0 Å². The molecular weight excluding hydrogens is 353 g/mol. The zero-order valence-corrected chi connectivity index (χ0v) is 14.4. The molecule has 0 saturated carbocycles.